The summed E-state index contributed by atoms with van der Waals surface area (Å²) in [5.74, 6) is 1.11. The van der Waals surface area contributed by atoms with E-state index in [0.717, 1.165) is 26.7 Å². The number of fused-ring (bicyclic) bond motifs is 1. The van der Waals surface area contributed by atoms with Gasteiger partial charge in [-0.2, -0.15) is 0 Å². The lowest BCUT2D eigenvalue weighted by molar-refractivity contribution is 0.102. The van der Waals surface area contributed by atoms with Crippen molar-refractivity contribution in [2.45, 2.75) is 20.8 Å². The zero-order valence-electron chi connectivity index (χ0n) is 14.0. The standard InChI is InChI=1S/C19H20N2O2S/c1-12(2)11-23-16-7-4-14(5-8-16)19(22)21-15-6-9-18-17(10-15)20-13(3)24-18/h4-10,12H,11H2,1-3H3,(H,21,22). The summed E-state index contributed by atoms with van der Waals surface area (Å²) in [4.78, 5) is 16.8. The number of carbonyl (C=O) groups is 1. The number of rotatable bonds is 5. The summed E-state index contributed by atoms with van der Waals surface area (Å²) in [6.07, 6.45) is 0. The first-order chi connectivity index (χ1) is 11.5. The van der Waals surface area contributed by atoms with Crippen LogP contribution >= 0.6 is 11.3 Å². The van der Waals surface area contributed by atoms with E-state index in [2.05, 4.69) is 24.1 Å². The summed E-state index contributed by atoms with van der Waals surface area (Å²) in [7, 11) is 0. The lowest BCUT2D eigenvalue weighted by Crippen LogP contribution is -2.12. The van der Waals surface area contributed by atoms with E-state index >= 15 is 0 Å². The molecule has 0 bridgehead atoms. The molecule has 0 fully saturated rings. The van der Waals surface area contributed by atoms with E-state index in [1.807, 2.05) is 37.3 Å². The highest BCUT2D eigenvalue weighted by Crippen LogP contribution is 2.24. The van der Waals surface area contributed by atoms with Crippen LogP contribution in [0.15, 0.2) is 42.5 Å². The van der Waals surface area contributed by atoms with E-state index in [0.29, 0.717) is 18.1 Å². The average Bonchev–Trinajstić information content (AvgIpc) is 2.92. The quantitative estimate of drug-likeness (QED) is 0.719. The molecule has 0 aliphatic rings. The maximum atomic E-state index is 12.4. The second kappa shape index (κ2) is 7.01. The number of nitrogens with one attached hydrogen (secondary N) is 1. The fraction of sp³-hybridized carbons (Fsp3) is 0.263. The third kappa shape index (κ3) is 3.92. The van der Waals surface area contributed by atoms with Gasteiger partial charge in [0.25, 0.3) is 5.91 Å². The number of benzene rings is 2. The van der Waals surface area contributed by atoms with Crippen molar-refractivity contribution in [3.63, 3.8) is 0 Å². The van der Waals surface area contributed by atoms with Gasteiger partial charge in [0.05, 0.1) is 21.8 Å². The highest BCUT2D eigenvalue weighted by Gasteiger charge is 2.08. The molecule has 0 saturated heterocycles. The van der Waals surface area contributed by atoms with E-state index < -0.39 is 0 Å². The van der Waals surface area contributed by atoms with Crippen molar-refractivity contribution < 1.29 is 9.53 Å². The Bertz CT molecular complexity index is 853. The Morgan fingerprint density at radius 3 is 2.67 bits per heavy atom. The lowest BCUT2D eigenvalue weighted by atomic mass is 10.2. The largest absolute Gasteiger partial charge is 0.493 e. The molecule has 1 heterocycles. The van der Waals surface area contributed by atoms with Crippen LogP contribution in [0.4, 0.5) is 5.69 Å². The molecule has 0 atom stereocenters. The minimum absolute atomic E-state index is 0.142. The Balaban J connectivity index is 1.69. The molecule has 0 spiro atoms. The van der Waals surface area contributed by atoms with Gasteiger partial charge in [0.1, 0.15) is 5.75 Å². The molecule has 3 rings (SSSR count). The highest BCUT2D eigenvalue weighted by molar-refractivity contribution is 7.18. The molecule has 1 N–H and O–H groups in total. The summed E-state index contributed by atoms with van der Waals surface area (Å²) >= 11 is 1.65. The number of hydrogen-bond acceptors (Lipinski definition) is 4. The van der Waals surface area contributed by atoms with Gasteiger partial charge < -0.3 is 10.1 Å². The monoisotopic (exact) mass is 340 g/mol. The fourth-order valence-electron chi connectivity index (χ4n) is 2.29. The van der Waals surface area contributed by atoms with Crippen molar-refractivity contribution in [1.29, 1.82) is 0 Å². The van der Waals surface area contributed by atoms with Gasteiger partial charge in [0.15, 0.2) is 0 Å². The molecule has 2 aromatic carbocycles. The molecular formula is C19H20N2O2S. The number of aromatic nitrogens is 1. The minimum atomic E-state index is -0.142. The number of nitrogens with zero attached hydrogens (tertiary/aromatic N) is 1. The van der Waals surface area contributed by atoms with Gasteiger partial charge in [-0.25, -0.2) is 4.98 Å². The van der Waals surface area contributed by atoms with Crippen molar-refractivity contribution in [2.24, 2.45) is 5.92 Å². The van der Waals surface area contributed by atoms with Gasteiger partial charge in [-0.3, -0.25) is 4.79 Å². The predicted molar refractivity (Wildman–Crippen MR) is 99.1 cm³/mol. The van der Waals surface area contributed by atoms with Crippen LogP contribution < -0.4 is 10.1 Å². The first-order valence-electron chi connectivity index (χ1n) is 7.92. The third-order valence-electron chi connectivity index (χ3n) is 3.45. The Labute approximate surface area is 145 Å². The molecule has 124 valence electrons. The fourth-order valence-corrected chi connectivity index (χ4v) is 3.10. The molecule has 3 aromatic rings. The Morgan fingerprint density at radius 2 is 1.96 bits per heavy atom. The number of amides is 1. The Morgan fingerprint density at radius 1 is 1.21 bits per heavy atom. The zero-order valence-corrected chi connectivity index (χ0v) is 14.8. The predicted octanol–water partition coefficient (Wildman–Crippen LogP) is 4.89. The minimum Gasteiger partial charge on any atom is -0.493 e. The summed E-state index contributed by atoms with van der Waals surface area (Å²) < 4.78 is 6.75. The van der Waals surface area contributed by atoms with Crippen LogP contribution in [0.1, 0.15) is 29.2 Å². The van der Waals surface area contributed by atoms with Crippen LogP contribution in [-0.4, -0.2) is 17.5 Å². The summed E-state index contributed by atoms with van der Waals surface area (Å²) in [5, 5.41) is 3.93. The van der Waals surface area contributed by atoms with Gasteiger partial charge in [0.2, 0.25) is 0 Å². The Hall–Kier alpha value is -2.40. The SMILES string of the molecule is Cc1nc2cc(NC(=O)c3ccc(OCC(C)C)cc3)ccc2s1. The molecular weight excluding hydrogens is 320 g/mol. The highest BCUT2D eigenvalue weighted by atomic mass is 32.1. The molecule has 4 nitrogen and oxygen atoms in total. The summed E-state index contributed by atoms with van der Waals surface area (Å²) in [6.45, 7) is 6.84. The van der Waals surface area contributed by atoms with Gasteiger partial charge in [-0.05, 0) is 55.3 Å². The van der Waals surface area contributed by atoms with Crippen LogP contribution in [0.2, 0.25) is 0 Å². The molecule has 0 radical (unpaired) electrons. The average molecular weight is 340 g/mol. The first-order valence-corrected chi connectivity index (χ1v) is 8.74. The molecule has 0 aliphatic carbocycles. The van der Waals surface area contributed by atoms with Crippen molar-refractivity contribution in [1.82, 2.24) is 4.98 Å². The lowest BCUT2D eigenvalue weighted by Gasteiger charge is -2.09. The molecule has 1 amide bonds. The molecule has 24 heavy (non-hydrogen) atoms. The first kappa shape index (κ1) is 16.5. The van der Waals surface area contributed by atoms with Crippen molar-refractivity contribution >= 4 is 33.1 Å². The van der Waals surface area contributed by atoms with Crippen LogP contribution in [0.3, 0.4) is 0 Å². The van der Waals surface area contributed by atoms with Gasteiger partial charge >= 0.3 is 0 Å². The van der Waals surface area contributed by atoms with E-state index in [1.165, 1.54) is 0 Å². The number of anilines is 1. The van der Waals surface area contributed by atoms with Gasteiger partial charge in [-0.15, -0.1) is 11.3 Å². The zero-order chi connectivity index (χ0) is 17.1. The van der Waals surface area contributed by atoms with Gasteiger partial charge in [-0.1, -0.05) is 13.8 Å². The number of hydrogen-bond donors (Lipinski definition) is 1. The van der Waals surface area contributed by atoms with E-state index in [9.17, 15) is 4.79 Å². The van der Waals surface area contributed by atoms with E-state index in [-0.39, 0.29) is 5.91 Å². The second-order valence-electron chi connectivity index (χ2n) is 6.10. The Kier molecular flexibility index (Phi) is 4.81. The molecule has 0 saturated carbocycles. The number of aryl methyl sites for hydroxylation is 1. The summed E-state index contributed by atoms with van der Waals surface area (Å²) in [6, 6.07) is 13.0. The van der Waals surface area contributed by atoms with Crippen molar-refractivity contribution in [3.05, 3.63) is 53.0 Å². The number of carbonyl (C=O) groups excluding carboxylic acids is 1. The smallest absolute Gasteiger partial charge is 0.255 e. The van der Waals surface area contributed by atoms with Crippen LogP contribution in [0.25, 0.3) is 10.2 Å². The van der Waals surface area contributed by atoms with Crippen LogP contribution in [-0.2, 0) is 0 Å². The second-order valence-corrected chi connectivity index (χ2v) is 7.33. The maximum absolute atomic E-state index is 12.4. The maximum Gasteiger partial charge on any atom is 0.255 e. The third-order valence-corrected chi connectivity index (χ3v) is 4.40. The summed E-state index contributed by atoms with van der Waals surface area (Å²) in [5.41, 5.74) is 2.26. The van der Waals surface area contributed by atoms with Gasteiger partial charge in [0, 0.05) is 11.3 Å². The topological polar surface area (TPSA) is 51.2 Å². The van der Waals surface area contributed by atoms with Crippen LogP contribution in [0.5, 0.6) is 5.75 Å². The molecule has 1 aromatic heterocycles. The molecule has 5 heteroatoms. The number of ether oxygens (including phenoxy) is 1. The number of thiazole rings is 1. The van der Waals surface area contributed by atoms with Crippen LogP contribution in [0, 0.1) is 12.8 Å². The normalized spacial score (nSPS) is 11.0. The molecule has 0 unspecified atom stereocenters. The van der Waals surface area contributed by atoms with Crippen molar-refractivity contribution in [2.75, 3.05) is 11.9 Å². The van der Waals surface area contributed by atoms with Crippen molar-refractivity contribution in [3.8, 4) is 5.75 Å². The van der Waals surface area contributed by atoms with E-state index in [4.69, 9.17) is 4.74 Å². The van der Waals surface area contributed by atoms with E-state index in [1.54, 1.807) is 23.5 Å². The molecule has 0 aliphatic heterocycles.